The van der Waals surface area contributed by atoms with Gasteiger partial charge in [-0.3, -0.25) is 4.79 Å². The van der Waals surface area contributed by atoms with Gasteiger partial charge in [0.25, 0.3) is 5.91 Å². The first-order chi connectivity index (χ1) is 9.49. The van der Waals surface area contributed by atoms with Crippen molar-refractivity contribution in [3.8, 4) is 0 Å². The smallest absolute Gasteiger partial charge is 0.272 e. The summed E-state index contributed by atoms with van der Waals surface area (Å²) in [5.74, 6) is -0.0839. The normalized spacial score (nSPS) is 12.0. The molecule has 0 aliphatic rings. The quantitative estimate of drug-likeness (QED) is 0.796. The van der Waals surface area contributed by atoms with Crippen LogP contribution in [0.15, 0.2) is 47.1 Å². The van der Waals surface area contributed by atoms with Crippen LogP contribution >= 0.6 is 15.9 Å². The first-order valence-electron chi connectivity index (χ1n) is 6.45. The van der Waals surface area contributed by atoms with Gasteiger partial charge in [-0.1, -0.05) is 35.9 Å². The summed E-state index contributed by atoms with van der Waals surface area (Å²) in [4.78, 5) is 18.3. The molecule has 3 nitrogen and oxygen atoms in total. The fourth-order valence-corrected chi connectivity index (χ4v) is 2.30. The van der Waals surface area contributed by atoms with Crippen LogP contribution in [0.5, 0.6) is 0 Å². The van der Waals surface area contributed by atoms with Crippen LogP contribution in [0.4, 0.5) is 0 Å². The van der Waals surface area contributed by atoms with Gasteiger partial charge in [0, 0.05) is 7.05 Å². The molecule has 1 aromatic carbocycles. The van der Waals surface area contributed by atoms with E-state index in [1.165, 1.54) is 5.56 Å². The molecule has 0 spiro atoms. The van der Waals surface area contributed by atoms with E-state index in [9.17, 15) is 4.79 Å². The molecular formula is C16H17BrN2O. The standard InChI is InChI=1S/C16H17BrN2O/c1-11-7-9-13(10-8-11)12(2)19(3)16(20)14-5-4-6-15(17)18-14/h4-10,12H,1-3H3. The lowest BCUT2D eigenvalue weighted by atomic mass is 10.1. The first-order valence-corrected chi connectivity index (χ1v) is 7.24. The number of aryl methyl sites for hydroxylation is 1. The van der Waals surface area contributed by atoms with Crippen molar-refractivity contribution in [2.24, 2.45) is 0 Å². The average Bonchev–Trinajstić information content (AvgIpc) is 2.46. The lowest BCUT2D eigenvalue weighted by molar-refractivity contribution is 0.0736. The van der Waals surface area contributed by atoms with E-state index in [0.717, 1.165) is 5.56 Å². The number of hydrogen-bond donors (Lipinski definition) is 0. The van der Waals surface area contributed by atoms with E-state index in [4.69, 9.17) is 0 Å². The maximum atomic E-state index is 12.4. The van der Waals surface area contributed by atoms with Gasteiger partial charge in [0.05, 0.1) is 6.04 Å². The van der Waals surface area contributed by atoms with Gasteiger partial charge in [0.2, 0.25) is 0 Å². The lowest BCUT2D eigenvalue weighted by Crippen LogP contribution is -2.30. The van der Waals surface area contributed by atoms with E-state index in [0.29, 0.717) is 10.3 Å². The molecule has 0 fully saturated rings. The predicted molar refractivity (Wildman–Crippen MR) is 83.6 cm³/mol. The third kappa shape index (κ3) is 3.25. The highest BCUT2D eigenvalue weighted by Crippen LogP contribution is 2.21. The first kappa shape index (κ1) is 14.7. The van der Waals surface area contributed by atoms with Gasteiger partial charge in [-0.25, -0.2) is 4.98 Å². The van der Waals surface area contributed by atoms with Crippen molar-refractivity contribution >= 4 is 21.8 Å². The molecule has 0 aliphatic heterocycles. The number of hydrogen-bond acceptors (Lipinski definition) is 2. The highest BCUT2D eigenvalue weighted by molar-refractivity contribution is 9.10. The third-order valence-electron chi connectivity index (χ3n) is 3.40. The van der Waals surface area contributed by atoms with E-state index in [-0.39, 0.29) is 11.9 Å². The fourth-order valence-electron chi connectivity index (χ4n) is 1.95. The number of aromatic nitrogens is 1. The zero-order valence-electron chi connectivity index (χ0n) is 11.8. The third-order valence-corrected chi connectivity index (χ3v) is 3.84. The summed E-state index contributed by atoms with van der Waals surface area (Å²) in [5.41, 5.74) is 2.77. The van der Waals surface area contributed by atoms with Gasteiger partial charge in [-0.15, -0.1) is 0 Å². The number of benzene rings is 1. The number of amides is 1. The number of halogens is 1. The van der Waals surface area contributed by atoms with Gasteiger partial charge >= 0.3 is 0 Å². The van der Waals surface area contributed by atoms with Gasteiger partial charge in [-0.05, 0) is 47.5 Å². The molecular weight excluding hydrogens is 316 g/mol. The van der Waals surface area contributed by atoms with Crippen molar-refractivity contribution in [1.82, 2.24) is 9.88 Å². The summed E-state index contributed by atoms with van der Waals surface area (Å²) in [6.45, 7) is 4.06. The molecule has 0 saturated heterocycles. The molecule has 1 heterocycles. The zero-order chi connectivity index (χ0) is 14.7. The maximum Gasteiger partial charge on any atom is 0.272 e. The second kappa shape index (κ2) is 6.18. The number of carbonyl (C=O) groups excluding carboxylic acids is 1. The Morgan fingerprint density at radius 2 is 1.85 bits per heavy atom. The minimum atomic E-state index is -0.0839. The van der Waals surface area contributed by atoms with Crippen LogP contribution in [0.2, 0.25) is 0 Å². The molecule has 20 heavy (non-hydrogen) atoms. The van der Waals surface area contributed by atoms with Gasteiger partial charge in [-0.2, -0.15) is 0 Å². The highest BCUT2D eigenvalue weighted by Gasteiger charge is 2.19. The Kier molecular flexibility index (Phi) is 4.55. The van der Waals surface area contributed by atoms with Crippen molar-refractivity contribution in [2.45, 2.75) is 19.9 Å². The number of nitrogens with zero attached hydrogens (tertiary/aromatic N) is 2. The Morgan fingerprint density at radius 3 is 2.45 bits per heavy atom. The Morgan fingerprint density at radius 1 is 1.20 bits per heavy atom. The van der Waals surface area contributed by atoms with E-state index in [1.54, 1.807) is 24.1 Å². The second-order valence-electron chi connectivity index (χ2n) is 4.85. The van der Waals surface area contributed by atoms with Crippen LogP contribution in [0.1, 0.15) is 34.6 Å². The molecule has 2 rings (SSSR count). The molecule has 0 aliphatic carbocycles. The molecule has 4 heteroatoms. The Bertz CT molecular complexity index is 610. The van der Waals surface area contributed by atoms with Crippen molar-refractivity contribution in [3.05, 3.63) is 63.9 Å². The fraction of sp³-hybridized carbons (Fsp3) is 0.250. The second-order valence-corrected chi connectivity index (χ2v) is 5.66. The largest absolute Gasteiger partial charge is 0.334 e. The molecule has 0 saturated carbocycles. The summed E-state index contributed by atoms with van der Waals surface area (Å²) < 4.78 is 0.666. The summed E-state index contributed by atoms with van der Waals surface area (Å²) in [6.07, 6.45) is 0. The van der Waals surface area contributed by atoms with E-state index in [2.05, 4.69) is 52.1 Å². The summed E-state index contributed by atoms with van der Waals surface area (Å²) in [7, 11) is 1.80. The molecule has 1 aromatic heterocycles. The summed E-state index contributed by atoms with van der Waals surface area (Å²) in [6, 6.07) is 13.6. The van der Waals surface area contributed by atoms with Crippen molar-refractivity contribution in [1.29, 1.82) is 0 Å². The van der Waals surface area contributed by atoms with Crippen LogP contribution < -0.4 is 0 Å². The van der Waals surface area contributed by atoms with E-state index in [1.807, 2.05) is 13.0 Å². The van der Waals surface area contributed by atoms with Gasteiger partial charge in [0.1, 0.15) is 10.3 Å². The molecule has 0 bridgehead atoms. The lowest BCUT2D eigenvalue weighted by Gasteiger charge is -2.25. The molecule has 1 amide bonds. The molecule has 1 atom stereocenters. The van der Waals surface area contributed by atoms with Crippen LogP contribution in [0, 0.1) is 6.92 Å². The van der Waals surface area contributed by atoms with Gasteiger partial charge < -0.3 is 4.90 Å². The van der Waals surface area contributed by atoms with Crippen molar-refractivity contribution in [3.63, 3.8) is 0 Å². The van der Waals surface area contributed by atoms with Crippen LogP contribution in [0.3, 0.4) is 0 Å². The topological polar surface area (TPSA) is 33.2 Å². The van der Waals surface area contributed by atoms with Crippen LogP contribution in [0.25, 0.3) is 0 Å². The average molecular weight is 333 g/mol. The van der Waals surface area contributed by atoms with Crippen LogP contribution in [-0.2, 0) is 0 Å². The summed E-state index contributed by atoms with van der Waals surface area (Å²) >= 11 is 3.29. The van der Waals surface area contributed by atoms with Crippen LogP contribution in [-0.4, -0.2) is 22.8 Å². The molecule has 0 N–H and O–H groups in total. The van der Waals surface area contributed by atoms with Crippen molar-refractivity contribution < 1.29 is 4.79 Å². The summed E-state index contributed by atoms with van der Waals surface area (Å²) in [5, 5.41) is 0. The maximum absolute atomic E-state index is 12.4. The van der Waals surface area contributed by atoms with E-state index >= 15 is 0 Å². The Balaban J connectivity index is 2.20. The molecule has 104 valence electrons. The number of carbonyl (C=O) groups is 1. The minimum Gasteiger partial charge on any atom is -0.334 e. The Hall–Kier alpha value is -1.68. The van der Waals surface area contributed by atoms with E-state index < -0.39 is 0 Å². The van der Waals surface area contributed by atoms with Crippen molar-refractivity contribution in [2.75, 3.05) is 7.05 Å². The number of pyridine rings is 1. The minimum absolute atomic E-state index is 0.00359. The predicted octanol–water partition coefficient (Wildman–Crippen LogP) is 3.99. The zero-order valence-corrected chi connectivity index (χ0v) is 13.4. The number of rotatable bonds is 3. The molecule has 0 radical (unpaired) electrons. The Labute approximate surface area is 127 Å². The molecule has 1 unspecified atom stereocenters. The highest BCUT2D eigenvalue weighted by atomic mass is 79.9. The SMILES string of the molecule is Cc1ccc(C(C)N(C)C(=O)c2cccc(Br)n2)cc1. The monoisotopic (exact) mass is 332 g/mol. The van der Waals surface area contributed by atoms with Gasteiger partial charge in [0.15, 0.2) is 0 Å². The molecule has 2 aromatic rings.